The summed E-state index contributed by atoms with van der Waals surface area (Å²) in [5.74, 6) is 0.848. The third kappa shape index (κ3) is 1.96. The zero-order valence-electron chi connectivity index (χ0n) is 7.22. The van der Waals surface area contributed by atoms with Crippen LogP contribution in [-0.2, 0) is 0 Å². The van der Waals surface area contributed by atoms with Crippen LogP contribution in [0.25, 0.3) is 0 Å². The van der Waals surface area contributed by atoms with Crippen molar-refractivity contribution in [2.24, 2.45) is 5.92 Å². The summed E-state index contributed by atoms with van der Waals surface area (Å²) in [5, 5.41) is 3.42. The summed E-state index contributed by atoms with van der Waals surface area (Å²) in [5.41, 5.74) is 0. The summed E-state index contributed by atoms with van der Waals surface area (Å²) < 4.78 is 0. The van der Waals surface area contributed by atoms with Crippen molar-refractivity contribution in [1.29, 1.82) is 0 Å². The Morgan fingerprint density at radius 1 is 1.30 bits per heavy atom. The van der Waals surface area contributed by atoms with Crippen LogP contribution in [-0.4, -0.2) is 38.1 Å². The van der Waals surface area contributed by atoms with E-state index in [2.05, 4.69) is 31.2 Å². The molecule has 2 heteroatoms. The van der Waals surface area contributed by atoms with Gasteiger partial charge in [-0.25, -0.2) is 0 Å². The molecule has 10 heavy (non-hydrogen) atoms. The molecule has 0 unspecified atom stereocenters. The fourth-order valence-electron chi connectivity index (χ4n) is 1.52. The first-order valence-electron chi connectivity index (χ1n) is 4.07. The number of rotatable bonds is 1. The fraction of sp³-hybridized carbons (Fsp3) is 1.00. The number of nitrogens with one attached hydrogen (secondary N) is 1. The lowest BCUT2D eigenvalue weighted by Crippen LogP contribution is -2.45. The number of piperidine rings is 1. The first-order chi connectivity index (χ1) is 4.70. The molecular formula is C8H18N2. The summed E-state index contributed by atoms with van der Waals surface area (Å²) in [6.07, 6.45) is 1.35. The van der Waals surface area contributed by atoms with Gasteiger partial charge in [0.05, 0.1) is 0 Å². The Kier molecular flexibility index (Phi) is 2.69. The molecule has 1 fully saturated rings. The molecule has 1 aliphatic rings. The smallest absolute Gasteiger partial charge is 0.0217 e. The third-order valence-electron chi connectivity index (χ3n) is 2.28. The van der Waals surface area contributed by atoms with E-state index in [1.54, 1.807) is 0 Å². The molecule has 0 aromatic carbocycles. The van der Waals surface area contributed by atoms with E-state index < -0.39 is 0 Å². The standard InChI is InChI=1S/C8H18N2/c1-7-4-8(10(2)3)6-9-5-7/h7-9H,4-6H2,1-3H3/t7-,8-/m1/s1. The van der Waals surface area contributed by atoms with Crippen molar-refractivity contribution in [3.8, 4) is 0 Å². The second-order valence-corrected chi connectivity index (χ2v) is 3.62. The van der Waals surface area contributed by atoms with Gasteiger partial charge in [0.1, 0.15) is 0 Å². The van der Waals surface area contributed by atoms with Crippen LogP contribution >= 0.6 is 0 Å². The second kappa shape index (κ2) is 3.35. The number of nitrogens with zero attached hydrogens (tertiary/aromatic N) is 1. The molecule has 2 nitrogen and oxygen atoms in total. The van der Waals surface area contributed by atoms with Crippen LogP contribution in [0.2, 0.25) is 0 Å². The Morgan fingerprint density at radius 2 is 2.00 bits per heavy atom. The Balaban J connectivity index is 2.32. The van der Waals surface area contributed by atoms with Gasteiger partial charge < -0.3 is 10.2 Å². The first-order valence-corrected chi connectivity index (χ1v) is 4.07. The SMILES string of the molecule is C[C@H]1CNC[C@H](N(C)C)C1. The summed E-state index contributed by atoms with van der Waals surface area (Å²) in [6.45, 7) is 4.67. The maximum absolute atomic E-state index is 3.42. The van der Waals surface area contributed by atoms with Crippen LogP contribution in [0.1, 0.15) is 13.3 Å². The van der Waals surface area contributed by atoms with Crippen LogP contribution < -0.4 is 5.32 Å². The molecule has 1 heterocycles. The highest BCUT2D eigenvalue weighted by atomic mass is 15.1. The van der Waals surface area contributed by atoms with Crippen molar-refractivity contribution >= 4 is 0 Å². The molecule has 1 saturated heterocycles. The molecule has 0 spiro atoms. The van der Waals surface area contributed by atoms with Gasteiger partial charge in [0.2, 0.25) is 0 Å². The maximum atomic E-state index is 3.42. The predicted molar refractivity (Wildman–Crippen MR) is 44.1 cm³/mol. The van der Waals surface area contributed by atoms with E-state index >= 15 is 0 Å². The van der Waals surface area contributed by atoms with Crippen molar-refractivity contribution in [2.75, 3.05) is 27.2 Å². The van der Waals surface area contributed by atoms with E-state index in [9.17, 15) is 0 Å². The van der Waals surface area contributed by atoms with Gasteiger partial charge in [0.15, 0.2) is 0 Å². The van der Waals surface area contributed by atoms with Crippen LogP contribution in [0.3, 0.4) is 0 Å². The topological polar surface area (TPSA) is 15.3 Å². The van der Waals surface area contributed by atoms with Crippen molar-refractivity contribution in [1.82, 2.24) is 10.2 Å². The molecule has 0 saturated carbocycles. The van der Waals surface area contributed by atoms with Crippen LogP contribution in [0.15, 0.2) is 0 Å². The van der Waals surface area contributed by atoms with Crippen LogP contribution in [0.4, 0.5) is 0 Å². The molecule has 0 radical (unpaired) electrons. The first kappa shape index (κ1) is 8.02. The van der Waals surface area contributed by atoms with E-state index in [1.165, 1.54) is 13.0 Å². The predicted octanol–water partition coefficient (Wildman–Crippen LogP) is 0.546. The van der Waals surface area contributed by atoms with Gasteiger partial charge in [0.25, 0.3) is 0 Å². The maximum Gasteiger partial charge on any atom is 0.0217 e. The van der Waals surface area contributed by atoms with Crippen LogP contribution in [0.5, 0.6) is 0 Å². The molecule has 0 amide bonds. The van der Waals surface area contributed by atoms with Crippen LogP contribution in [0, 0.1) is 5.92 Å². The van der Waals surface area contributed by atoms with Crippen molar-refractivity contribution < 1.29 is 0 Å². The van der Waals surface area contributed by atoms with E-state index in [0.717, 1.165) is 18.5 Å². The lowest BCUT2D eigenvalue weighted by molar-refractivity contribution is 0.208. The Morgan fingerprint density at radius 3 is 2.40 bits per heavy atom. The zero-order valence-corrected chi connectivity index (χ0v) is 7.22. The molecule has 2 atom stereocenters. The van der Waals surface area contributed by atoms with E-state index in [0.29, 0.717) is 0 Å². The number of hydrogen-bond donors (Lipinski definition) is 1. The highest BCUT2D eigenvalue weighted by Crippen LogP contribution is 2.12. The number of likely N-dealkylation sites (N-methyl/N-ethyl adjacent to an activating group) is 1. The van der Waals surface area contributed by atoms with Gasteiger partial charge in [-0.2, -0.15) is 0 Å². The molecule has 1 rings (SSSR count). The van der Waals surface area contributed by atoms with Gasteiger partial charge in [-0.05, 0) is 33.0 Å². The minimum Gasteiger partial charge on any atom is -0.315 e. The normalized spacial score (nSPS) is 34.8. The molecule has 1 N–H and O–H groups in total. The van der Waals surface area contributed by atoms with Crippen molar-refractivity contribution in [3.63, 3.8) is 0 Å². The molecule has 0 bridgehead atoms. The largest absolute Gasteiger partial charge is 0.315 e. The summed E-state index contributed by atoms with van der Waals surface area (Å²) in [4.78, 5) is 2.31. The highest BCUT2D eigenvalue weighted by molar-refractivity contribution is 4.78. The summed E-state index contributed by atoms with van der Waals surface area (Å²) in [6, 6.07) is 0.753. The number of hydrogen-bond acceptors (Lipinski definition) is 2. The van der Waals surface area contributed by atoms with Gasteiger partial charge >= 0.3 is 0 Å². The average Bonchev–Trinajstić information content (AvgIpc) is 1.88. The zero-order chi connectivity index (χ0) is 7.56. The Bertz CT molecular complexity index is 101. The minimum absolute atomic E-state index is 0.753. The highest BCUT2D eigenvalue weighted by Gasteiger charge is 2.19. The lowest BCUT2D eigenvalue weighted by atomic mass is 9.97. The van der Waals surface area contributed by atoms with Gasteiger partial charge in [-0.1, -0.05) is 6.92 Å². The second-order valence-electron chi connectivity index (χ2n) is 3.62. The monoisotopic (exact) mass is 142 g/mol. The summed E-state index contributed by atoms with van der Waals surface area (Å²) in [7, 11) is 4.31. The minimum atomic E-state index is 0.753. The molecule has 60 valence electrons. The summed E-state index contributed by atoms with van der Waals surface area (Å²) >= 11 is 0. The Hall–Kier alpha value is -0.0800. The van der Waals surface area contributed by atoms with E-state index in [1.807, 2.05) is 0 Å². The third-order valence-corrected chi connectivity index (χ3v) is 2.28. The lowest BCUT2D eigenvalue weighted by Gasteiger charge is -2.32. The fourth-order valence-corrected chi connectivity index (χ4v) is 1.52. The molecule has 0 aromatic rings. The molecule has 0 aromatic heterocycles. The van der Waals surface area contributed by atoms with Gasteiger partial charge in [0, 0.05) is 12.6 Å². The van der Waals surface area contributed by atoms with E-state index in [-0.39, 0.29) is 0 Å². The molecule has 0 aliphatic carbocycles. The van der Waals surface area contributed by atoms with E-state index in [4.69, 9.17) is 0 Å². The Labute approximate surface area is 63.6 Å². The molecule has 1 aliphatic heterocycles. The van der Waals surface area contributed by atoms with Crippen molar-refractivity contribution in [2.45, 2.75) is 19.4 Å². The molecular weight excluding hydrogens is 124 g/mol. The van der Waals surface area contributed by atoms with Crippen molar-refractivity contribution in [3.05, 3.63) is 0 Å². The van der Waals surface area contributed by atoms with Gasteiger partial charge in [-0.3, -0.25) is 0 Å². The average molecular weight is 142 g/mol. The van der Waals surface area contributed by atoms with Gasteiger partial charge in [-0.15, -0.1) is 0 Å². The quantitative estimate of drug-likeness (QED) is 0.575.